The van der Waals surface area contributed by atoms with Crippen LogP contribution in [0.3, 0.4) is 0 Å². The van der Waals surface area contributed by atoms with Crippen molar-refractivity contribution in [2.75, 3.05) is 13.7 Å². The quantitative estimate of drug-likeness (QED) is 0.563. The number of aliphatic imine (C=N–C) groups is 1. The zero-order chi connectivity index (χ0) is 23.4. The van der Waals surface area contributed by atoms with Gasteiger partial charge >= 0.3 is 12.1 Å². The largest absolute Gasteiger partial charge is 0.494 e. The van der Waals surface area contributed by atoms with Crippen molar-refractivity contribution in [2.24, 2.45) is 10.7 Å². The summed E-state index contributed by atoms with van der Waals surface area (Å²) >= 11 is 0.684. The molecule has 0 unspecified atom stereocenters. The molecule has 1 aromatic carbocycles. The van der Waals surface area contributed by atoms with Gasteiger partial charge in [-0.3, -0.25) is 9.79 Å². The number of nitrogens with zero attached hydrogens (tertiary/aromatic N) is 1. The molecule has 2 aromatic rings. The number of benzene rings is 1. The summed E-state index contributed by atoms with van der Waals surface area (Å²) in [5.41, 5.74) is 4.45. The van der Waals surface area contributed by atoms with Crippen LogP contribution in [0.4, 0.5) is 13.2 Å². The molecule has 0 atom stereocenters. The molecule has 3 N–H and O–H groups in total. The first-order valence-electron chi connectivity index (χ1n) is 8.73. The van der Waals surface area contributed by atoms with Gasteiger partial charge in [0, 0.05) is 7.05 Å². The van der Waals surface area contributed by atoms with Gasteiger partial charge in [-0.05, 0) is 48.9 Å². The number of sulfone groups is 1. The van der Waals surface area contributed by atoms with Crippen molar-refractivity contribution < 1.29 is 36.2 Å². The monoisotopic (exact) mass is 476 g/mol. The van der Waals surface area contributed by atoms with Gasteiger partial charge in [-0.15, -0.1) is 11.3 Å². The molecule has 168 valence electrons. The van der Waals surface area contributed by atoms with E-state index in [-0.39, 0.29) is 37.6 Å². The summed E-state index contributed by atoms with van der Waals surface area (Å²) in [4.78, 5) is 14.1. The van der Waals surface area contributed by atoms with E-state index in [2.05, 4.69) is 4.99 Å². The van der Waals surface area contributed by atoms with Gasteiger partial charge in [0.05, 0.1) is 28.5 Å². The van der Waals surface area contributed by atoms with Crippen molar-refractivity contribution in [1.82, 2.24) is 0 Å². The summed E-state index contributed by atoms with van der Waals surface area (Å²) in [6.07, 6.45) is -4.49. The number of hydrogen-bond acceptors (Lipinski definition) is 7. The highest BCUT2D eigenvalue weighted by Gasteiger charge is 2.34. The highest BCUT2D eigenvalue weighted by Crippen LogP contribution is 2.33. The lowest BCUT2D eigenvalue weighted by Gasteiger charge is -2.09. The topological polar surface area (TPSA) is 119 Å². The summed E-state index contributed by atoms with van der Waals surface area (Å²) < 4.78 is 69.8. The van der Waals surface area contributed by atoms with Gasteiger partial charge in [-0.25, -0.2) is 8.42 Å². The van der Waals surface area contributed by atoms with Crippen LogP contribution in [0.25, 0.3) is 5.70 Å². The zero-order valence-corrected chi connectivity index (χ0v) is 18.1. The minimum Gasteiger partial charge on any atom is -0.494 e. The molecule has 31 heavy (non-hydrogen) atoms. The standard InChI is InChI=1S/C19H19F3N2O5S2/c1-3-29-12-6-11(8-17(25)26)7-13(9-12)31(27,28)18-5-4-15(30-18)14(23)10-16(24-2)19(20,21)22/h4-7,9-10H,3,8,23H2,1-2H3,(H,25,26). The number of carboxylic acids is 1. The highest BCUT2D eigenvalue weighted by molar-refractivity contribution is 7.93. The van der Waals surface area contributed by atoms with E-state index in [9.17, 15) is 26.4 Å². The summed E-state index contributed by atoms with van der Waals surface area (Å²) in [5, 5.41) is 9.01. The van der Waals surface area contributed by atoms with Gasteiger partial charge in [0.2, 0.25) is 9.84 Å². The van der Waals surface area contributed by atoms with E-state index in [1.165, 1.54) is 30.3 Å². The number of halogens is 3. The highest BCUT2D eigenvalue weighted by atomic mass is 32.2. The third kappa shape index (κ3) is 6.07. The Labute approximate surface area is 180 Å². The number of alkyl halides is 3. The van der Waals surface area contributed by atoms with E-state index in [0.717, 1.165) is 7.05 Å². The van der Waals surface area contributed by atoms with E-state index in [1.54, 1.807) is 6.92 Å². The van der Waals surface area contributed by atoms with Crippen molar-refractivity contribution >= 4 is 38.6 Å². The second kappa shape index (κ2) is 9.52. The molecule has 0 aliphatic rings. The molecule has 7 nitrogen and oxygen atoms in total. The van der Waals surface area contributed by atoms with Crippen molar-refractivity contribution in [3.63, 3.8) is 0 Å². The fourth-order valence-corrected chi connectivity index (χ4v) is 5.26. The smallest absolute Gasteiger partial charge is 0.432 e. The molecule has 0 spiro atoms. The molecule has 1 aromatic heterocycles. The Kier molecular flexibility index (Phi) is 7.49. The predicted molar refractivity (Wildman–Crippen MR) is 110 cm³/mol. The first-order valence-corrected chi connectivity index (χ1v) is 11.0. The third-order valence-corrected chi connectivity index (χ3v) is 7.23. The lowest BCUT2D eigenvalue weighted by Crippen LogP contribution is -2.21. The zero-order valence-electron chi connectivity index (χ0n) is 16.4. The van der Waals surface area contributed by atoms with Crippen LogP contribution >= 0.6 is 11.3 Å². The maximum Gasteiger partial charge on any atom is 0.432 e. The Morgan fingerprint density at radius 2 is 1.97 bits per heavy atom. The lowest BCUT2D eigenvalue weighted by molar-refractivity contribution is -0.136. The van der Waals surface area contributed by atoms with E-state index in [4.69, 9.17) is 15.6 Å². The fourth-order valence-electron chi connectivity index (χ4n) is 2.54. The van der Waals surface area contributed by atoms with E-state index in [0.29, 0.717) is 17.4 Å². The van der Waals surface area contributed by atoms with Crippen LogP contribution in [0, 0.1) is 0 Å². The van der Waals surface area contributed by atoms with Crippen LogP contribution in [-0.4, -0.2) is 45.0 Å². The van der Waals surface area contributed by atoms with Crippen LogP contribution in [0.15, 0.2) is 50.5 Å². The van der Waals surface area contributed by atoms with Crippen molar-refractivity contribution in [3.05, 3.63) is 46.8 Å². The number of allylic oxidation sites excluding steroid dienone is 1. The van der Waals surface area contributed by atoms with Crippen LogP contribution in [0.5, 0.6) is 5.75 Å². The molecule has 12 heteroatoms. The molecule has 0 saturated carbocycles. The van der Waals surface area contributed by atoms with Crippen LogP contribution in [0.2, 0.25) is 0 Å². The molecule has 2 rings (SSSR count). The second-order valence-electron chi connectivity index (χ2n) is 6.14. The molecule has 0 radical (unpaired) electrons. The van der Waals surface area contributed by atoms with Gasteiger partial charge in [0.1, 0.15) is 15.7 Å². The Balaban J connectivity index is 2.47. The van der Waals surface area contributed by atoms with Crippen LogP contribution in [0.1, 0.15) is 17.4 Å². The van der Waals surface area contributed by atoms with E-state index in [1.807, 2.05) is 0 Å². The number of carboxylic acid groups (broad SMARTS) is 1. The lowest BCUT2D eigenvalue weighted by atomic mass is 10.1. The van der Waals surface area contributed by atoms with Crippen LogP contribution < -0.4 is 10.5 Å². The van der Waals surface area contributed by atoms with Gasteiger partial charge in [-0.2, -0.15) is 13.2 Å². The number of aliphatic carboxylic acids is 1. The van der Waals surface area contributed by atoms with E-state index >= 15 is 0 Å². The number of ether oxygens (including phenoxy) is 1. The molecule has 0 aliphatic carbocycles. The molecular weight excluding hydrogens is 457 g/mol. The summed E-state index contributed by atoms with van der Waals surface area (Å²) in [7, 11) is -3.13. The van der Waals surface area contributed by atoms with Crippen molar-refractivity contribution in [2.45, 2.75) is 28.6 Å². The maximum absolute atomic E-state index is 13.0. The SMILES string of the molecule is CCOc1cc(CC(=O)O)cc(S(=O)(=O)c2ccc(C(N)=CC(=NC)C(F)(F)F)s2)c1. The Morgan fingerprint density at radius 1 is 1.29 bits per heavy atom. The fraction of sp³-hybridized carbons (Fsp3) is 0.263. The maximum atomic E-state index is 13.0. The molecule has 0 amide bonds. The predicted octanol–water partition coefficient (Wildman–Crippen LogP) is 3.54. The third-order valence-electron chi connectivity index (χ3n) is 3.87. The van der Waals surface area contributed by atoms with Gasteiger partial charge < -0.3 is 15.6 Å². The Morgan fingerprint density at radius 3 is 2.52 bits per heavy atom. The van der Waals surface area contributed by atoms with Gasteiger partial charge in [0.25, 0.3) is 0 Å². The number of carbonyl (C=O) groups is 1. The number of rotatable bonds is 8. The average Bonchev–Trinajstić information content (AvgIpc) is 3.15. The molecule has 0 aliphatic heterocycles. The number of thiophene rings is 1. The van der Waals surface area contributed by atoms with Gasteiger partial charge in [-0.1, -0.05) is 0 Å². The molecule has 0 saturated heterocycles. The van der Waals surface area contributed by atoms with E-state index < -0.39 is 34.1 Å². The summed E-state index contributed by atoms with van der Waals surface area (Å²) in [6, 6.07) is 6.42. The minimum absolute atomic E-state index is 0.107. The second-order valence-corrected chi connectivity index (χ2v) is 9.40. The molecule has 1 heterocycles. The minimum atomic E-state index is -4.70. The Hall–Kier alpha value is -2.86. The summed E-state index contributed by atoms with van der Waals surface area (Å²) in [5.74, 6) is -0.962. The van der Waals surface area contributed by atoms with Crippen LogP contribution in [-0.2, 0) is 21.1 Å². The number of nitrogens with two attached hydrogens (primary N) is 1. The average molecular weight is 476 g/mol. The first kappa shape index (κ1) is 24.4. The van der Waals surface area contributed by atoms with Gasteiger partial charge in [0.15, 0.2) is 0 Å². The normalized spacial score (nSPS) is 13.3. The Bertz CT molecular complexity index is 1140. The molecule has 0 bridgehead atoms. The van der Waals surface area contributed by atoms with Crippen molar-refractivity contribution in [1.29, 1.82) is 0 Å². The molecule has 0 fully saturated rings. The summed E-state index contributed by atoms with van der Waals surface area (Å²) in [6.45, 7) is 1.93. The number of hydrogen-bond donors (Lipinski definition) is 2. The molecular formula is C19H19F3N2O5S2. The van der Waals surface area contributed by atoms with Crippen molar-refractivity contribution in [3.8, 4) is 5.75 Å². The first-order chi connectivity index (χ1) is 14.4.